The molecular weight excluding hydrogens is 596 g/mol. The highest BCUT2D eigenvalue weighted by atomic mass is 35.5. The van der Waals surface area contributed by atoms with Crippen LogP contribution in [0.15, 0.2) is 48.5 Å². The number of rotatable bonds is 8. The minimum absolute atomic E-state index is 0.0736. The minimum Gasteiger partial charge on any atom is -0.343 e. The summed E-state index contributed by atoms with van der Waals surface area (Å²) in [7, 11) is -3.20. The van der Waals surface area contributed by atoms with E-state index in [1.165, 1.54) is 24.8 Å². The van der Waals surface area contributed by atoms with Crippen LogP contribution in [-0.2, 0) is 39.0 Å². The molecule has 1 saturated carbocycles. The largest absolute Gasteiger partial charge is 0.343 e. The Labute approximate surface area is 267 Å². The SMILES string of the molecule is O=C(N[C@H](Cc1ccc(Cl)cc1)C(=O)N1CCC(CN2CCCS2(=O)=O)(C2CCCCC2)CC1)[C@H]1Cc2ccccc2CN1. The van der Waals surface area contributed by atoms with Crippen LogP contribution in [0.3, 0.4) is 0 Å². The molecule has 3 aliphatic heterocycles. The summed E-state index contributed by atoms with van der Waals surface area (Å²) < 4.78 is 27.4. The highest BCUT2D eigenvalue weighted by molar-refractivity contribution is 7.89. The van der Waals surface area contributed by atoms with Gasteiger partial charge in [-0.3, -0.25) is 9.59 Å². The number of likely N-dealkylation sites (tertiary alicyclic amines) is 1. The molecule has 6 rings (SSSR count). The smallest absolute Gasteiger partial charge is 0.245 e. The van der Waals surface area contributed by atoms with Gasteiger partial charge < -0.3 is 15.5 Å². The van der Waals surface area contributed by atoms with Crippen molar-refractivity contribution in [2.24, 2.45) is 11.3 Å². The molecule has 0 spiro atoms. The first-order valence-corrected chi connectivity index (χ1v) is 18.3. The molecule has 2 aromatic carbocycles. The molecule has 2 atom stereocenters. The molecule has 2 saturated heterocycles. The summed E-state index contributed by atoms with van der Waals surface area (Å²) in [5, 5.41) is 7.09. The topological polar surface area (TPSA) is 98.8 Å². The zero-order chi connectivity index (χ0) is 30.7. The van der Waals surface area contributed by atoms with Crippen LogP contribution in [0.1, 0.15) is 68.1 Å². The lowest BCUT2D eigenvalue weighted by molar-refractivity contribution is -0.139. The van der Waals surface area contributed by atoms with Gasteiger partial charge in [0.25, 0.3) is 0 Å². The Hall–Kier alpha value is -2.46. The summed E-state index contributed by atoms with van der Waals surface area (Å²) in [5.74, 6) is 0.482. The van der Waals surface area contributed by atoms with Gasteiger partial charge in [-0.05, 0) is 78.7 Å². The Morgan fingerprint density at radius 3 is 2.34 bits per heavy atom. The van der Waals surface area contributed by atoms with Gasteiger partial charge in [0.05, 0.1) is 11.8 Å². The van der Waals surface area contributed by atoms with Crippen molar-refractivity contribution in [3.05, 3.63) is 70.2 Å². The molecule has 2 N–H and O–H groups in total. The normalized spacial score (nSPS) is 24.4. The van der Waals surface area contributed by atoms with E-state index >= 15 is 0 Å². The molecule has 8 nitrogen and oxygen atoms in total. The lowest BCUT2D eigenvalue weighted by atomic mass is 9.63. The van der Waals surface area contributed by atoms with E-state index in [4.69, 9.17) is 11.6 Å². The van der Waals surface area contributed by atoms with Crippen LogP contribution >= 0.6 is 11.6 Å². The van der Waals surface area contributed by atoms with Gasteiger partial charge in [-0.2, -0.15) is 0 Å². The van der Waals surface area contributed by atoms with Gasteiger partial charge in [0.2, 0.25) is 21.8 Å². The van der Waals surface area contributed by atoms with E-state index in [1.807, 2.05) is 41.3 Å². The Morgan fingerprint density at radius 2 is 1.66 bits per heavy atom. The number of carbonyl (C=O) groups is 2. The first-order valence-electron chi connectivity index (χ1n) is 16.3. The van der Waals surface area contributed by atoms with Gasteiger partial charge in [0, 0.05) is 44.2 Å². The lowest BCUT2D eigenvalue weighted by Crippen LogP contribution is -2.58. The van der Waals surface area contributed by atoms with Crippen molar-refractivity contribution in [1.82, 2.24) is 19.8 Å². The van der Waals surface area contributed by atoms with E-state index in [2.05, 4.69) is 22.8 Å². The van der Waals surface area contributed by atoms with E-state index in [-0.39, 0.29) is 23.0 Å². The van der Waals surface area contributed by atoms with E-state index in [9.17, 15) is 18.0 Å². The van der Waals surface area contributed by atoms with Gasteiger partial charge in [0.1, 0.15) is 6.04 Å². The van der Waals surface area contributed by atoms with Crippen molar-refractivity contribution >= 4 is 33.4 Å². The molecular formula is C34H45ClN4O4S. The van der Waals surface area contributed by atoms with Crippen LogP contribution in [-0.4, -0.2) is 73.5 Å². The maximum absolute atomic E-state index is 14.2. The summed E-state index contributed by atoms with van der Waals surface area (Å²) in [6, 6.07) is 14.5. The zero-order valence-corrected chi connectivity index (χ0v) is 27.1. The van der Waals surface area contributed by atoms with Crippen molar-refractivity contribution in [2.45, 2.75) is 82.8 Å². The predicted molar refractivity (Wildman–Crippen MR) is 173 cm³/mol. The van der Waals surface area contributed by atoms with Crippen LogP contribution < -0.4 is 10.6 Å². The summed E-state index contributed by atoms with van der Waals surface area (Å²) in [6.45, 7) is 2.94. The second kappa shape index (κ2) is 13.5. The Bertz CT molecular complexity index is 1440. The molecule has 238 valence electrons. The fourth-order valence-corrected chi connectivity index (χ4v) is 9.73. The van der Waals surface area contributed by atoms with Crippen LogP contribution in [0.2, 0.25) is 5.02 Å². The van der Waals surface area contributed by atoms with E-state index in [0.717, 1.165) is 36.8 Å². The number of benzene rings is 2. The maximum Gasteiger partial charge on any atom is 0.245 e. The number of hydrogen-bond acceptors (Lipinski definition) is 5. The maximum atomic E-state index is 14.2. The number of nitrogens with one attached hydrogen (secondary N) is 2. The number of amides is 2. The van der Waals surface area contributed by atoms with E-state index < -0.39 is 22.1 Å². The fraction of sp³-hybridized carbons (Fsp3) is 0.588. The molecule has 0 bridgehead atoms. The molecule has 0 aromatic heterocycles. The third kappa shape index (κ3) is 7.01. The van der Waals surface area contributed by atoms with Crippen molar-refractivity contribution in [1.29, 1.82) is 0 Å². The monoisotopic (exact) mass is 640 g/mol. The van der Waals surface area contributed by atoms with Crippen LogP contribution in [0.4, 0.5) is 0 Å². The van der Waals surface area contributed by atoms with Crippen LogP contribution in [0, 0.1) is 11.3 Å². The summed E-state index contributed by atoms with van der Waals surface area (Å²) in [5.41, 5.74) is 3.18. The molecule has 1 aliphatic carbocycles. The number of hydrogen-bond donors (Lipinski definition) is 2. The number of sulfonamides is 1. The molecule has 10 heteroatoms. The second-order valence-corrected chi connectivity index (χ2v) is 15.8. The van der Waals surface area contributed by atoms with Gasteiger partial charge in [0.15, 0.2) is 0 Å². The van der Waals surface area contributed by atoms with Crippen molar-refractivity contribution in [3.8, 4) is 0 Å². The fourth-order valence-electron chi connectivity index (χ4n) is 7.99. The minimum atomic E-state index is -3.20. The van der Waals surface area contributed by atoms with Gasteiger partial charge in [-0.1, -0.05) is 67.3 Å². The molecule has 0 radical (unpaired) electrons. The van der Waals surface area contributed by atoms with Crippen LogP contribution in [0.25, 0.3) is 0 Å². The molecule has 2 aromatic rings. The number of halogens is 1. The summed E-state index contributed by atoms with van der Waals surface area (Å²) in [4.78, 5) is 29.7. The zero-order valence-electron chi connectivity index (χ0n) is 25.5. The highest BCUT2D eigenvalue weighted by Gasteiger charge is 2.46. The molecule has 4 aliphatic rings. The average Bonchev–Trinajstić information content (AvgIpc) is 3.38. The second-order valence-electron chi connectivity index (χ2n) is 13.3. The molecule has 3 heterocycles. The third-order valence-corrected chi connectivity index (χ3v) is 12.8. The first kappa shape index (κ1) is 31.5. The predicted octanol–water partition coefficient (Wildman–Crippen LogP) is 4.31. The third-order valence-electron chi connectivity index (χ3n) is 10.6. The van der Waals surface area contributed by atoms with E-state index in [0.29, 0.717) is 62.9 Å². The summed E-state index contributed by atoms with van der Waals surface area (Å²) >= 11 is 6.13. The van der Waals surface area contributed by atoms with Crippen molar-refractivity contribution < 1.29 is 18.0 Å². The van der Waals surface area contributed by atoms with Crippen molar-refractivity contribution in [2.75, 3.05) is 31.9 Å². The summed E-state index contributed by atoms with van der Waals surface area (Å²) in [6.07, 6.45) is 9.12. The Kier molecular flexibility index (Phi) is 9.66. The number of piperidine rings is 1. The molecule has 2 amide bonds. The standard InChI is InChI=1S/C34H45ClN4O4S/c35-29-13-11-25(12-14-29)21-31(37-32(40)30-22-26-7-4-5-8-27(26)23-36-30)33(41)38-18-15-34(16-19-38,28-9-2-1-3-10-28)24-39-17-6-20-44(39,42)43/h4-5,7-8,11-14,28,30-31,36H,1-3,6,9-10,15-24H2,(H,37,40)/t30-,31-/m1/s1. The number of carbonyl (C=O) groups excluding carboxylic acids is 2. The molecule has 44 heavy (non-hydrogen) atoms. The van der Waals surface area contributed by atoms with Crippen LogP contribution in [0.5, 0.6) is 0 Å². The van der Waals surface area contributed by atoms with Gasteiger partial charge in [-0.25, -0.2) is 12.7 Å². The van der Waals surface area contributed by atoms with Crippen molar-refractivity contribution in [3.63, 3.8) is 0 Å². The number of fused-ring (bicyclic) bond motifs is 1. The molecule has 3 fully saturated rings. The average molecular weight is 641 g/mol. The van der Waals surface area contributed by atoms with E-state index in [1.54, 1.807) is 4.31 Å². The Morgan fingerprint density at radius 1 is 0.955 bits per heavy atom. The highest BCUT2D eigenvalue weighted by Crippen LogP contribution is 2.47. The quantitative estimate of drug-likeness (QED) is 0.448. The Balaban J connectivity index is 1.17. The van der Waals surface area contributed by atoms with Gasteiger partial charge >= 0.3 is 0 Å². The lowest BCUT2D eigenvalue weighted by Gasteiger charge is -2.49. The number of nitrogens with zero attached hydrogens (tertiary/aromatic N) is 2. The molecule has 0 unspecified atom stereocenters. The van der Waals surface area contributed by atoms with Gasteiger partial charge in [-0.15, -0.1) is 0 Å². The first-order chi connectivity index (χ1) is 21.2.